The first-order valence-electron chi connectivity index (χ1n) is 9.94. The number of nitrogens with one attached hydrogen (secondary N) is 1. The average Bonchev–Trinajstić information content (AvgIpc) is 3.36. The highest BCUT2D eigenvalue weighted by atomic mass is 32.1. The van der Waals surface area contributed by atoms with Crippen LogP contribution in [0, 0.1) is 18.6 Å². The van der Waals surface area contributed by atoms with Crippen molar-refractivity contribution < 1.29 is 18.4 Å². The minimum atomic E-state index is -0.869. The monoisotopic (exact) mass is 457 g/mol. The molecular weight excluding hydrogens is 436 g/mol. The molecule has 0 saturated heterocycles. The van der Waals surface area contributed by atoms with Gasteiger partial charge in [-0.2, -0.15) is 5.10 Å². The van der Waals surface area contributed by atoms with Gasteiger partial charge in [-0.3, -0.25) is 14.3 Å². The van der Waals surface area contributed by atoms with Crippen molar-refractivity contribution in [1.82, 2.24) is 19.7 Å². The number of anilines is 1. The lowest BCUT2D eigenvalue weighted by atomic mass is 9.98. The molecule has 0 spiro atoms. The summed E-state index contributed by atoms with van der Waals surface area (Å²) in [4.78, 5) is 31.5. The van der Waals surface area contributed by atoms with E-state index in [1.165, 1.54) is 22.1 Å². The van der Waals surface area contributed by atoms with Crippen LogP contribution in [0.25, 0.3) is 5.57 Å². The van der Waals surface area contributed by atoms with Gasteiger partial charge >= 0.3 is 0 Å². The number of thiazole rings is 1. The zero-order valence-electron chi connectivity index (χ0n) is 17.8. The van der Waals surface area contributed by atoms with Crippen LogP contribution in [0.3, 0.4) is 0 Å². The number of nitrogens with zero attached hydrogens (tertiary/aromatic N) is 4. The smallest absolute Gasteiger partial charge is 0.283 e. The lowest BCUT2D eigenvalue weighted by Crippen LogP contribution is -2.36. The molecule has 0 saturated carbocycles. The Kier molecular flexibility index (Phi) is 5.88. The quantitative estimate of drug-likeness (QED) is 0.641. The van der Waals surface area contributed by atoms with Crippen molar-refractivity contribution in [2.75, 3.05) is 18.4 Å². The van der Waals surface area contributed by atoms with Gasteiger partial charge in [0, 0.05) is 31.2 Å². The Balaban J connectivity index is 1.57. The van der Waals surface area contributed by atoms with E-state index in [4.69, 9.17) is 0 Å². The highest BCUT2D eigenvalue weighted by Gasteiger charge is 2.27. The van der Waals surface area contributed by atoms with E-state index < -0.39 is 23.2 Å². The maximum atomic E-state index is 13.9. The average molecular weight is 458 g/mol. The predicted octanol–water partition coefficient (Wildman–Crippen LogP) is 4.04. The van der Waals surface area contributed by atoms with Gasteiger partial charge in [-0.05, 0) is 44.0 Å². The first-order chi connectivity index (χ1) is 15.2. The summed E-state index contributed by atoms with van der Waals surface area (Å²) in [5.74, 6) is -2.60. The van der Waals surface area contributed by atoms with Crippen molar-refractivity contribution in [2.45, 2.75) is 20.3 Å². The van der Waals surface area contributed by atoms with Crippen LogP contribution in [0.2, 0.25) is 0 Å². The second kappa shape index (κ2) is 8.62. The molecule has 1 aliphatic heterocycles. The van der Waals surface area contributed by atoms with Gasteiger partial charge < -0.3 is 10.2 Å². The molecule has 0 aliphatic carbocycles. The van der Waals surface area contributed by atoms with Crippen LogP contribution in [0.15, 0.2) is 35.2 Å². The fraction of sp³-hybridized carbons (Fsp3) is 0.273. The maximum Gasteiger partial charge on any atom is 0.283 e. The number of carbonyl (C=O) groups is 2. The third kappa shape index (κ3) is 4.18. The van der Waals surface area contributed by atoms with Gasteiger partial charge in [-0.25, -0.2) is 13.8 Å². The SMILES string of the molecule is CC1=C(c2cc(C(=O)Nc3c(F)cccc3F)nn2C)CN(C(=O)c2nc(C)cs2)CC1. The van der Waals surface area contributed by atoms with Crippen molar-refractivity contribution in [2.24, 2.45) is 7.05 Å². The number of rotatable bonds is 4. The van der Waals surface area contributed by atoms with Crippen molar-refractivity contribution in [3.63, 3.8) is 0 Å². The van der Waals surface area contributed by atoms with Crippen LogP contribution in [0.5, 0.6) is 0 Å². The normalized spacial score (nSPS) is 14.1. The number of aromatic nitrogens is 3. The highest BCUT2D eigenvalue weighted by molar-refractivity contribution is 7.11. The van der Waals surface area contributed by atoms with Gasteiger partial charge in [0.15, 0.2) is 10.7 Å². The largest absolute Gasteiger partial charge is 0.332 e. The van der Waals surface area contributed by atoms with Gasteiger partial charge in [0.05, 0.1) is 5.69 Å². The molecule has 7 nitrogen and oxygen atoms in total. The van der Waals surface area contributed by atoms with Gasteiger partial charge in [0.25, 0.3) is 11.8 Å². The minimum Gasteiger partial charge on any atom is -0.332 e. The summed E-state index contributed by atoms with van der Waals surface area (Å²) in [6, 6.07) is 4.91. The third-order valence-corrected chi connectivity index (χ3v) is 6.28. The Morgan fingerprint density at radius 1 is 1.19 bits per heavy atom. The van der Waals surface area contributed by atoms with Crippen LogP contribution in [0.1, 0.15) is 45.0 Å². The zero-order chi connectivity index (χ0) is 23.0. The number of benzene rings is 1. The number of amides is 2. The van der Waals surface area contributed by atoms with E-state index in [0.29, 0.717) is 30.2 Å². The fourth-order valence-electron chi connectivity index (χ4n) is 3.57. The van der Waals surface area contributed by atoms with E-state index in [0.717, 1.165) is 29.0 Å². The van der Waals surface area contributed by atoms with Gasteiger partial charge in [-0.15, -0.1) is 11.3 Å². The molecule has 166 valence electrons. The zero-order valence-corrected chi connectivity index (χ0v) is 18.6. The molecule has 2 aromatic heterocycles. The number of aryl methyl sites for hydroxylation is 2. The van der Waals surface area contributed by atoms with E-state index in [2.05, 4.69) is 15.4 Å². The molecule has 1 aliphatic rings. The molecule has 0 bridgehead atoms. The third-order valence-electron chi connectivity index (χ3n) is 5.33. The van der Waals surface area contributed by atoms with Crippen LogP contribution >= 0.6 is 11.3 Å². The Hall–Kier alpha value is -3.40. The van der Waals surface area contributed by atoms with Crippen molar-refractivity contribution in [3.8, 4) is 0 Å². The molecule has 0 fully saturated rings. The second-order valence-corrected chi connectivity index (χ2v) is 8.48. The molecule has 10 heteroatoms. The van der Waals surface area contributed by atoms with Crippen LogP contribution in [-0.2, 0) is 7.05 Å². The topological polar surface area (TPSA) is 80.1 Å². The van der Waals surface area contributed by atoms with E-state index >= 15 is 0 Å². The molecule has 1 N–H and O–H groups in total. The van der Waals surface area contributed by atoms with Gasteiger partial charge in [-0.1, -0.05) is 11.6 Å². The van der Waals surface area contributed by atoms with E-state index in [9.17, 15) is 18.4 Å². The lowest BCUT2D eigenvalue weighted by Gasteiger charge is -2.29. The number of hydrogen-bond donors (Lipinski definition) is 1. The summed E-state index contributed by atoms with van der Waals surface area (Å²) in [5.41, 5.74) is 2.92. The van der Waals surface area contributed by atoms with Gasteiger partial charge in [0.1, 0.15) is 17.3 Å². The molecular formula is C22H21F2N5O2S. The Labute approximate surface area is 187 Å². The van der Waals surface area contributed by atoms with Crippen molar-refractivity contribution in [1.29, 1.82) is 0 Å². The minimum absolute atomic E-state index is 0.0180. The van der Waals surface area contributed by atoms with E-state index in [1.807, 2.05) is 19.2 Å². The van der Waals surface area contributed by atoms with Gasteiger partial charge in [0.2, 0.25) is 0 Å². The predicted molar refractivity (Wildman–Crippen MR) is 117 cm³/mol. The first kappa shape index (κ1) is 21.8. The van der Waals surface area contributed by atoms with E-state index in [1.54, 1.807) is 18.0 Å². The summed E-state index contributed by atoms with van der Waals surface area (Å²) in [5, 5.41) is 8.75. The van der Waals surface area contributed by atoms with Crippen molar-refractivity contribution >= 4 is 34.4 Å². The molecule has 0 radical (unpaired) electrons. The summed E-state index contributed by atoms with van der Waals surface area (Å²) in [6.45, 7) is 4.75. The molecule has 32 heavy (non-hydrogen) atoms. The van der Waals surface area contributed by atoms with Crippen molar-refractivity contribution in [3.05, 3.63) is 68.9 Å². The van der Waals surface area contributed by atoms with Crippen LogP contribution < -0.4 is 5.32 Å². The Morgan fingerprint density at radius 3 is 2.56 bits per heavy atom. The molecule has 3 heterocycles. The van der Waals surface area contributed by atoms with E-state index in [-0.39, 0.29) is 11.6 Å². The molecule has 4 rings (SSSR count). The fourth-order valence-corrected chi connectivity index (χ4v) is 4.34. The molecule has 0 unspecified atom stereocenters. The Bertz CT molecular complexity index is 1230. The number of halogens is 2. The standard InChI is InChI=1S/C22H21F2N5O2S/c1-12-7-8-29(22(31)21-25-13(2)11-32-21)10-14(12)18-9-17(27-28(18)3)20(30)26-19-15(23)5-4-6-16(19)24/h4-6,9,11H,7-8,10H2,1-3H3,(H,26,30). The summed E-state index contributed by atoms with van der Waals surface area (Å²) in [7, 11) is 1.68. The Morgan fingerprint density at radius 2 is 1.91 bits per heavy atom. The summed E-state index contributed by atoms with van der Waals surface area (Å²) in [6.07, 6.45) is 0.679. The molecule has 0 atom stereocenters. The maximum absolute atomic E-state index is 13.9. The van der Waals surface area contributed by atoms with Crippen LogP contribution in [0.4, 0.5) is 14.5 Å². The number of para-hydroxylation sites is 1. The first-order valence-corrected chi connectivity index (χ1v) is 10.8. The molecule has 3 aromatic rings. The number of hydrogen-bond acceptors (Lipinski definition) is 5. The lowest BCUT2D eigenvalue weighted by molar-refractivity contribution is 0.0772. The summed E-state index contributed by atoms with van der Waals surface area (Å²) < 4.78 is 29.3. The highest BCUT2D eigenvalue weighted by Crippen LogP contribution is 2.28. The molecule has 2 amide bonds. The second-order valence-electron chi connectivity index (χ2n) is 7.62. The molecule has 1 aromatic carbocycles. The summed E-state index contributed by atoms with van der Waals surface area (Å²) >= 11 is 1.31. The number of carbonyl (C=O) groups excluding carboxylic acids is 2. The van der Waals surface area contributed by atoms with Crippen LogP contribution in [-0.4, -0.2) is 44.6 Å².